The van der Waals surface area contributed by atoms with E-state index in [4.69, 9.17) is 56.8 Å². The van der Waals surface area contributed by atoms with Crippen molar-refractivity contribution in [3.05, 3.63) is 0 Å². The van der Waals surface area contributed by atoms with Crippen molar-refractivity contribution in [1.82, 2.24) is 0 Å². The van der Waals surface area contributed by atoms with Gasteiger partial charge in [-0.05, 0) is 13.3 Å². The topological polar surface area (TPSA) is 145 Å². The molecule has 0 N–H and O–H groups in total. The van der Waals surface area contributed by atoms with Gasteiger partial charge in [-0.3, -0.25) is 9.59 Å². The van der Waals surface area contributed by atoms with Crippen LogP contribution in [0, 0.1) is 5.41 Å². The standard InChI is InChI=1S/C38H70O14/c1-3-4-5-6-7-8-9-10-11-12-13-38(2,36(39)51-32-34-30-47-24-22-43-16-14-41-18-20-45-26-28-49-34)37(40)52-33-35-31-48-25-23-44-17-15-42-19-21-46-27-29-50-35/h34-35H,3-33H2,1-2H3/t34-,35-/m0/s1. The van der Waals surface area contributed by atoms with E-state index < -0.39 is 29.6 Å². The van der Waals surface area contributed by atoms with E-state index in [2.05, 4.69) is 6.92 Å². The summed E-state index contributed by atoms with van der Waals surface area (Å²) >= 11 is 0. The van der Waals surface area contributed by atoms with E-state index >= 15 is 0 Å². The predicted molar refractivity (Wildman–Crippen MR) is 193 cm³/mol. The van der Waals surface area contributed by atoms with Crippen LogP contribution in [-0.2, 0) is 66.4 Å². The van der Waals surface area contributed by atoms with E-state index in [1.54, 1.807) is 6.92 Å². The fraction of sp³-hybridized carbons (Fsp3) is 0.947. The quantitative estimate of drug-likeness (QED) is 0.118. The molecule has 14 heteroatoms. The molecule has 0 radical (unpaired) electrons. The van der Waals surface area contributed by atoms with E-state index in [1.165, 1.54) is 38.5 Å². The summed E-state index contributed by atoms with van der Waals surface area (Å²) in [5.74, 6) is -1.31. The molecule has 2 aliphatic heterocycles. The van der Waals surface area contributed by atoms with Gasteiger partial charge in [0.15, 0.2) is 5.41 Å². The highest BCUT2D eigenvalue weighted by atomic mass is 16.6. The fourth-order valence-electron chi connectivity index (χ4n) is 5.49. The highest BCUT2D eigenvalue weighted by Gasteiger charge is 2.44. The third-order valence-electron chi connectivity index (χ3n) is 8.73. The molecule has 0 unspecified atom stereocenters. The Balaban J connectivity index is 1.97. The molecule has 0 aliphatic carbocycles. The Morgan fingerprint density at radius 3 is 1.13 bits per heavy atom. The van der Waals surface area contributed by atoms with Gasteiger partial charge < -0.3 is 56.8 Å². The molecule has 2 heterocycles. The van der Waals surface area contributed by atoms with Crippen LogP contribution in [0.3, 0.4) is 0 Å². The smallest absolute Gasteiger partial charge is 0.323 e. The van der Waals surface area contributed by atoms with Gasteiger partial charge >= 0.3 is 11.9 Å². The van der Waals surface area contributed by atoms with Crippen molar-refractivity contribution in [2.45, 2.75) is 96.7 Å². The molecule has 0 spiro atoms. The number of hydrogen-bond donors (Lipinski definition) is 0. The molecule has 14 nitrogen and oxygen atoms in total. The maximum Gasteiger partial charge on any atom is 0.323 e. The minimum absolute atomic E-state index is 0.0869. The molecule has 0 aromatic carbocycles. The Morgan fingerprint density at radius 2 is 0.769 bits per heavy atom. The van der Waals surface area contributed by atoms with Crippen molar-refractivity contribution >= 4 is 11.9 Å². The normalized spacial score (nSPS) is 22.2. The van der Waals surface area contributed by atoms with E-state index in [0.717, 1.165) is 19.3 Å². The summed E-state index contributed by atoms with van der Waals surface area (Å²) in [6.45, 7) is 10.5. The molecule has 0 amide bonds. The van der Waals surface area contributed by atoms with Crippen LogP contribution in [-0.4, -0.2) is 156 Å². The Labute approximate surface area is 312 Å². The number of esters is 2. The lowest BCUT2D eigenvalue weighted by molar-refractivity contribution is -0.178. The van der Waals surface area contributed by atoms with Crippen LogP contribution in [0.4, 0.5) is 0 Å². The Bertz CT molecular complexity index is 763. The van der Waals surface area contributed by atoms with Gasteiger partial charge in [-0.25, -0.2) is 0 Å². The van der Waals surface area contributed by atoms with Crippen molar-refractivity contribution in [3.8, 4) is 0 Å². The Kier molecular flexibility index (Phi) is 29.6. The summed E-state index contributed by atoms with van der Waals surface area (Å²) in [5.41, 5.74) is -1.52. The van der Waals surface area contributed by atoms with Crippen molar-refractivity contribution in [2.75, 3.05) is 132 Å². The maximum atomic E-state index is 13.8. The summed E-state index contributed by atoms with van der Waals surface area (Å²) in [6.07, 6.45) is 10.5. The molecular formula is C38H70O14. The molecule has 0 aromatic heterocycles. The van der Waals surface area contributed by atoms with Crippen molar-refractivity contribution in [3.63, 3.8) is 0 Å². The minimum Gasteiger partial charge on any atom is -0.462 e. The fourth-order valence-corrected chi connectivity index (χ4v) is 5.49. The number of carbonyl (C=O) groups is 2. The number of hydrogen-bond acceptors (Lipinski definition) is 14. The van der Waals surface area contributed by atoms with Gasteiger partial charge in [0.25, 0.3) is 0 Å². The van der Waals surface area contributed by atoms with Crippen LogP contribution in [0.25, 0.3) is 0 Å². The van der Waals surface area contributed by atoms with Crippen LogP contribution in [0.5, 0.6) is 0 Å². The second kappa shape index (κ2) is 32.9. The highest BCUT2D eigenvalue weighted by Crippen LogP contribution is 2.29. The lowest BCUT2D eigenvalue weighted by Crippen LogP contribution is -2.42. The van der Waals surface area contributed by atoms with Crippen LogP contribution in [0.1, 0.15) is 84.5 Å². The molecule has 306 valence electrons. The second-order valence-corrected chi connectivity index (χ2v) is 13.3. The van der Waals surface area contributed by atoms with Gasteiger partial charge in [0.1, 0.15) is 25.4 Å². The van der Waals surface area contributed by atoms with Gasteiger partial charge in [0.05, 0.1) is 119 Å². The van der Waals surface area contributed by atoms with Crippen LogP contribution in [0.15, 0.2) is 0 Å². The molecule has 2 atom stereocenters. The van der Waals surface area contributed by atoms with Crippen LogP contribution in [0.2, 0.25) is 0 Å². The van der Waals surface area contributed by atoms with Crippen LogP contribution < -0.4 is 0 Å². The molecule has 2 rings (SSSR count). The highest BCUT2D eigenvalue weighted by molar-refractivity contribution is 5.99. The van der Waals surface area contributed by atoms with Gasteiger partial charge in [0, 0.05) is 0 Å². The molecular weight excluding hydrogens is 680 g/mol. The third kappa shape index (κ3) is 24.0. The summed E-state index contributed by atoms with van der Waals surface area (Å²) in [5, 5.41) is 0. The van der Waals surface area contributed by atoms with Gasteiger partial charge in [-0.2, -0.15) is 0 Å². The number of unbranched alkanes of at least 4 members (excludes halogenated alkanes) is 9. The first-order chi connectivity index (χ1) is 25.6. The first-order valence-corrected chi connectivity index (χ1v) is 19.8. The summed E-state index contributed by atoms with van der Waals surface area (Å²) in [6, 6.07) is 0. The van der Waals surface area contributed by atoms with E-state index in [0.29, 0.717) is 105 Å². The molecule has 52 heavy (non-hydrogen) atoms. The molecule has 0 aromatic rings. The first kappa shape index (κ1) is 46.7. The second-order valence-electron chi connectivity index (χ2n) is 13.3. The lowest BCUT2D eigenvalue weighted by atomic mass is 9.84. The Hall–Kier alpha value is -1.46. The lowest BCUT2D eigenvalue weighted by Gasteiger charge is -2.28. The number of rotatable bonds is 17. The van der Waals surface area contributed by atoms with Crippen molar-refractivity contribution in [2.24, 2.45) is 5.41 Å². The predicted octanol–water partition coefficient (Wildman–Crippen LogP) is 4.32. The molecule has 2 aliphatic rings. The SMILES string of the molecule is CCCCCCCCCCCCC(C)(C(=O)OC[C@@H]1COCCOCCOCCOCCO1)C(=O)OC[C@@H]1COCCOCCOCCOCCO1. The van der Waals surface area contributed by atoms with Gasteiger partial charge in [0.2, 0.25) is 0 Å². The van der Waals surface area contributed by atoms with Crippen molar-refractivity contribution < 1.29 is 66.4 Å². The summed E-state index contributed by atoms with van der Waals surface area (Å²) in [4.78, 5) is 27.5. The largest absolute Gasteiger partial charge is 0.462 e. The average molecular weight is 751 g/mol. The van der Waals surface area contributed by atoms with Crippen molar-refractivity contribution in [1.29, 1.82) is 0 Å². The molecule has 0 bridgehead atoms. The van der Waals surface area contributed by atoms with Crippen LogP contribution >= 0.6 is 0 Å². The maximum absolute atomic E-state index is 13.8. The van der Waals surface area contributed by atoms with E-state index in [9.17, 15) is 9.59 Å². The average Bonchev–Trinajstić information content (AvgIpc) is 3.17. The zero-order valence-corrected chi connectivity index (χ0v) is 32.3. The van der Waals surface area contributed by atoms with E-state index in [-0.39, 0.29) is 39.6 Å². The van der Waals surface area contributed by atoms with Gasteiger partial charge in [-0.1, -0.05) is 71.1 Å². The number of ether oxygens (including phenoxy) is 12. The number of carbonyl (C=O) groups excluding carboxylic acids is 2. The molecule has 0 saturated carbocycles. The van der Waals surface area contributed by atoms with Gasteiger partial charge in [-0.15, -0.1) is 0 Å². The monoisotopic (exact) mass is 750 g/mol. The molecule has 2 saturated heterocycles. The first-order valence-electron chi connectivity index (χ1n) is 19.8. The zero-order valence-electron chi connectivity index (χ0n) is 32.3. The van der Waals surface area contributed by atoms with E-state index in [1.807, 2.05) is 0 Å². The zero-order chi connectivity index (χ0) is 37.2. The third-order valence-corrected chi connectivity index (χ3v) is 8.73. The Morgan fingerprint density at radius 1 is 0.462 bits per heavy atom. The summed E-state index contributed by atoms with van der Waals surface area (Å²) < 4.78 is 68.0. The molecule has 2 fully saturated rings. The minimum atomic E-state index is -1.52. The summed E-state index contributed by atoms with van der Waals surface area (Å²) in [7, 11) is 0.